The van der Waals surface area contributed by atoms with Crippen LogP contribution in [0.2, 0.25) is 0 Å². The average Bonchev–Trinajstić information content (AvgIpc) is 3.32. The Hall–Kier alpha value is -2.67. The molecular formula is C21H26N6O. The number of likely N-dealkylation sites (tertiary alicyclic amines) is 1. The second-order valence-corrected chi connectivity index (χ2v) is 8.20. The van der Waals surface area contributed by atoms with Gasteiger partial charge in [-0.05, 0) is 38.4 Å². The number of nitrogens with zero attached hydrogens (tertiary/aromatic N) is 4. The number of para-hydroxylation sites is 1. The van der Waals surface area contributed by atoms with Crippen molar-refractivity contribution in [3.8, 4) is 0 Å². The molecule has 0 unspecified atom stereocenters. The van der Waals surface area contributed by atoms with Crippen molar-refractivity contribution >= 4 is 16.9 Å². The van der Waals surface area contributed by atoms with Crippen LogP contribution in [0.15, 0.2) is 18.2 Å². The third kappa shape index (κ3) is 2.90. The van der Waals surface area contributed by atoms with E-state index in [9.17, 15) is 4.79 Å². The topological polar surface area (TPSA) is 80.9 Å². The number of carbonyl (C=O) groups excluding carboxylic acids is 1. The Labute approximate surface area is 164 Å². The number of aromatic amines is 2. The second kappa shape index (κ2) is 6.74. The fraction of sp³-hybridized carbons (Fsp3) is 0.476. The summed E-state index contributed by atoms with van der Waals surface area (Å²) in [6, 6.07) is 6.20. The molecule has 0 radical (unpaired) electrons. The maximum Gasteiger partial charge on any atom is 0.274 e. The van der Waals surface area contributed by atoms with E-state index in [-0.39, 0.29) is 11.8 Å². The van der Waals surface area contributed by atoms with E-state index in [2.05, 4.69) is 46.2 Å². The molecule has 7 nitrogen and oxygen atoms in total. The number of aryl methyl sites for hydroxylation is 1. The number of likely N-dealkylation sites (N-methyl/N-ethyl adjacent to an activating group) is 1. The summed E-state index contributed by atoms with van der Waals surface area (Å²) >= 11 is 0. The normalized spacial score (nSPS) is 20.5. The van der Waals surface area contributed by atoms with Gasteiger partial charge in [0.05, 0.1) is 11.0 Å². The van der Waals surface area contributed by atoms with Gasteiger partial charge >= 0.3 is 0 Å². The van der Waals surface area contributed by atoms with Crippen LogP contribution in [0.25, 0.3) is 11.0 Å². The maximum absolute atomic E-state index is 13.2. The van der Waals surface area contributed by atoms with Gasteiger partial charge in [-0.2, -0.15) is 5.10 Å². The van der Waals surface area contributed by atoms with Gasteiger partial charge in [0, 0.05) is 49.8 Å². The first-order valence-electron chi connectivity index (χ1n) is 10.1. The Kier molecular flexibility index (Phi) is 4.19. The molecule has 0 saturated carbocycles. The van der Waals surface area contributed by atoms with Gasteiger partial charge in [0.15, 0.2) is 5.69 Å². The molecule has 7 heteroatoms. The van der Waals surface area contributed by atoms with Crippen molar-refractivity contribution in [3.05, 3.63) is 46.5 Å². The van der Waals surface area contributed by atoms with Gasteiger partial charge in [-0.25, -0.2) is 4.98 Å². The zero-order valence-corrected chi connectivity index (χ0v) is 16.5. The number of fused-ring (bicyclic) bond motifs is 2. The van der Waals surface area contributed by atoms with Crippen LogP contribution in [-0.4, -0.2) is 62.6 Å². The Morgan fingerprint density at radius 3 is 3.04 bits per heavy atom. The monoisotopic (exact) mass is 378 g/mol. The van der Waals surface area contributed by atoms with Crippen LogP contribution in [0.1, 0.15) is 51.9 Å². The third-order valence-electron chi connectivity index (χ3n) is 6.15. The van der Waals surface area contributed by atoms with Crippen LogP contribution in [0.4, 0.5) is 0 Å². The molecule has 28 heavy (non-hydrogen) atoms. The largest absolute Gasteiger partial charge is 0.342 e. The van der Waals surface area contributed by atoms with Gasteiger partial charge in [-0.1, -0.05) is 12.1 Å². The number of nitrogens with one attached hydrogen (secondary N) is 2. The fourth-order valence-electron chi connectivity index (χ4n) is 4.53. The van der Waals surface area contributed by atoms with E-state index in [4.69, 9.17) is 4.98 Å². The summed E-state index contributed by atoms with van der Waals surface area (Å²) in [5.74, 6) is 1.28. The standard InChI is InChI=1S/C21H26N6O/c1-13-5-3-7-17-18(13)23-20(22-17)14-6-4-9-27(11-14)21(28)19-15-12-26(2)10-8-16(15)24-25-19/h3,5,7,14H,4,6,8-12H2,1-2H3,(H,22,23)(H,24,25)/t14-/m0/s1. The number of hydrogen-bond donors (Lipinski definition) is 2. The summed E-state index contributed by atoms with van der Waals surface area (Å²) in [6.45, 7) is 5.34. The van der Waals surface area contributed by atoms with Crippen molar-refractivity contribution in [1.82, 2.24) is 30.0 Å². The van der Waals surface area contributed by atoms with Gasteiger partial charge in [-0.3, -0.25) is 9.89 Å². The quantitative estimate of drug-likeness (QED) is 0.718. The summed E-state index contributed by atoms with van der Waals surface area (Å²) in [7, 11) is 2.09. The molecule has 1 saturated heterocycles. The Bertz CT molecular complexity index is 1030. The molecule has 2 N–H and O–H groups in total. The molecule has 0 spiro atoms. The smallest absolute Gasteiger partial charge is 0.274 e. The first-order chi connectivity index (χ1) is 13.6. The number of carbonyl (C=O) groups is 1. The summed E-state index contributed by atoms with van der Waals surface area (Å²) < 4.78 is 0. The van der Waals surface area contributed by atoms with Gasteiger partial charge in [0.1, 0.15) is 5.82 Å². The van der Waals surface area contributed by atoms with E-state index in [1.807, 2.05) is 11.0 Å². The minimum Gasteiger partial charge on any atom is -0.342 e. The zero-order chi connectivity index (χ0) is 19.3. The molecule has 1 aromatic carbocycles. The number of H-pyrrole nitrogens is 2. The third-order valence-corrected chi connectivity index (χ3v) is 6.15. The summed E-state index contributed by atoms with van der Waals surface area (Å²) in [6.07, 6.45) is 2.95. The van der Waals surface area contributed by atoms with Crippen LogP contribution in [0, 0.1) is 6.92 Å². The molecule has 1 atom stereocenters. The van der Waals surface area contributed by atoms with Crippen molar-refractivity contribution in [1.29, 1.82) is 0 Å². The molecule has 2 aromatic heterocycles. The SMILES string of the molecule is Cc1cccc2[nH]c([C@H]3CCCN(C(=O)c4n[nH]c5c4CN(C)CC5)C3)nc12. The number of imidazole rings is 1. The van der Waals surface area contributed by atoms with E-state index >= 15 is 0 Å². The number of hydrogen-bond acceptors (Lipinski definition) is 4. The Morgan fingerprint density at radius 1 is 1.29 bits per heavy atom. The number of aromatic nitrogens is 4. The maximum atomic E-state index is 13.2. The molecule has 0 aliphatic carbocycles. The first kappa shape index (κ1) is 17.4. The van der Waals surface area contributed by atoms with E-state index in [1.54, 1.807) is 0 Å². The van der Waals surface area contributed by atoms with Gasteiger partial charge in [-0.15, -0.1) is 0 Å². The number of rotatable bonds is 2. The van der Waals surface area contributed by atoms with Crippen molar-refractivity contribution in [2.75, 3.05) is 26.7 Å². The number of piperidine rings is 1. The predicted octanol–water partition coefficient (Wildman–Crippen LogP) is 2.60. The highest BCUT2D eigenvalue weighted by Crippen LogP contribution is 2.29. The Morgan fingerprint density at radius 2 is 2.18 bits per heavy atom. The molecule has 3 aromatic rings. The van der Waals surface area contributed by atoms with Crippen LogP contribution < -0.4 is 0 Å². The summed E-state index contributed by atoms with van der Waals surface area (Å²) in [5, 5.41) is 7.48. The molecule has 1 fully saturated rings. The zero-order valence-electron chi connectivity index (χ0n) is 16.5. The van der Waals surface area contributed by atoms with Crippen LogP contribution in [0.3, 0.4) is 0 Å². The molecule has 4 heterocycles. The van der Waals surface area contributed by atoms with Gasteiger partial charge in [0.2, 0.25) is 0 Å². The average molecular weight is 378 g/mol. The second-order valence-electron chi connectivity index (χ2n) is 8.20. The van der Waals surface area contributed by atoms with Gasteiger partial charge in [0.25, 0.3) is 5.91 Å². The van der Waals surface area contributed by atoms with Gasteiger partial charge < -0.3 is 14.8 Å². The molecule has 146 valence electrons. The van der Waals surface area contributed by atoms with Crippen molar-refractivity contribution in [2.24, 2.45) is 0 Å². The van der Waals surface area contributed by atoms with E-state index < -0.39 is 0 Å². The van der Waals surface area contributed by atoms with Crippen LogP contribution >= 0.6 is 0 Å². The minimum absolute atomic E-state index is 0.0461. The van der Waals surface area contributed by atoms with Crippen molar-refractivity contribution in [3.63, 3.8) is 0 Å². The summed E-state index contributed by atoms with van der Waals surface area (Å²) in [4.78, 5) is 25.8. The van der Waals surface area contributed by atoms with E-state index in [1.165, 1.54) is 5.56 Å². The highest BCUT2D eigenvalue weighted by Gasteiger charge is 2.31. The predicted molar refractivity (Wildman–Crippen MR) is 107 cm³/mol. The fourth-order valence-corrected chi connectivity index (χ4v) is 4.53. The lowest BCUT2D eigenvalue weighted by molar-refractivity contribution is 0.0696. The molecule has 2 aliphatic heterocycles. The van der Waals surface area contributed by atoms with Crippen LogP contribution in [-0.2, 0) is 13.0 Å². The summed E-state index contributed by atoms with van der Waals surface area (Å²) in [5.41, 5.74) is 6.06. The highest BCUT2D eigenvalue weighted by atomic mass is 16.2. The van der Waals surface area contributed by atoms with Crippen molar-refractivity contribution in [2.45, 2.75) is 38.6 Å². The van der Waals surface area contributed by atoms with E-state index in [0.717, 1.165) is 67.0 Å². The number of benzene rings is 1. The minimum atomic E-state index is 0.0461. The molecule has 2 aliphatic rings. The first-order valence-corrected chi connectivity index (χ1v) is 10.1. The van der Waals surface area contributed by atoms with Crippen LogP contribution in [0.5, 0.6) is 0 Å². The molecule has 5 rings (SSSR count). The highest BCUT2D eigenvalue weighted by molar-refractivity contribution is 5.94. The molecule has 0 bridgehead atoms. The van der Waals surface area contributed by atoms with E-state index in [0.29, 0.717) is 12.2 Å². The number of amides is 1. The lowest BCUT2D eigenvalue weighted by Crippen LogP contribution is -2.40. The van der Waals surface area contributed by atoms with Crippen molar-refractivity contribution < 1.29 is 4.79 Å². The Balaban J connectivity index is 1.39. The molecule has 1 amide bonds. The lowest BCUT2D eigenvalue weighted by atomic mass is 9.96. The lowest BCUT2D eigenvalue weighted by Gasteiger charge is -2.32. The molecular weight excluding hydrogens is 352 g/mol.